The number of hydrogen-bond donors (Lipinski definition) is 0. The summed E-state index contributed by atoms with van der Waals surface area (Å²) in [4.78, 5) is 11.5. The normalized spacial score (nSPS) is 10.6. The standard InChI is InChI=1S/C10H9BrN2O2/c1-13-9-6(5-12-13)3-7(11)4-8(9)10(14)15-2/h3-5H,1-2H3. The van der Waals surface area contributed by atoms with Crippen molar-refractivity contribution in [3.63, 3.8) is 0 Å². The fourth-order valence-corrected chi connectivity index (χ4v) is 2.03. The summed E-state index contributed by atoms with van der Waals surface area (Å²) in [6.45, 7) is 0. The highest BCUT2D eigenvalue weighted by Crippen LogP contribution is 2.24. The minimum Gasteiger partial charge on any atom is -0.465 e. The van der Waals surface area contributed by atoms with Gasteiger partial charge < -0.3 is 4.74 Å². The molecule has 0 aliphatic carbocycles. The number of benzene rings is 1. The molecule has 0 N–H and O–H groups in total. The van der Waals surface area contributed by atoms with Crippen LogP contribution in [0, 0.1) is 0 Å². The van der Waals surface area contributed by atoms with Crippen LogP contribution in [0.4, 0.5) is 0 Å². The number of rotatable bonds is 1. The van der Waals surface area contributed by atoms with Gasteiger partial charge in [-0.15, -0.1) is 0 Å². The first kappa shape index (κ1) is 10.2. The van der Waals surface area contributed by atoms with Crippen molar-refractivity contribution in [3.05, 3.63) is 28.4 Å². The maximum atomic E-state index is 11.5. The minimum atomic E-state index is -0.357. The van der Waals surface area contributed by atoms with Gasteiger partial charge >= 0.3 is 5.97 Å². The molecule has 1 aromatic carbocycles. The molecule has 0 radical (unpaired) electrons. The summed E-state index contributed by atoms with van der Waals surface area (Å²) in [5.74, 6) is -0.357. The SMILES string of the molecule is COC(=O)c1cc(Br)cc2cnn(C)c12. The van der Waals surface area contributed by atoms with Crippen LogP contribution in [0.2, 0.25) is 0 Å². The monoisotopic (exact) mass is 268 g/mol. The highest BCUT2D eigenvalue weighted by Gasteiger charge is 2.14. The topological polar surface area (TPSA) is 44.1 Å². The predicted octanol–water partition coefficient (Wildman–Crippen LogP) is 2.12. The summed E-state index contributed by atoms with van der Waals surface area (Å²) < 4.78 is 7.22. The molecule has 2 aromatic rings. The van der Waals surface area contributed by atoms with Gasteiger partial charge in [0.05, 0.1) is 24.4 Å². The second-order valence-electron chi connectivity index (χ2n) is 3.15. The highest BCUT2D eigenvalue weighted by atomic mass is 79.9. The lowest BCUT2D eigenvalue weighted by molar-refractivity contribution is 0.0602. The Morgan fingerprint density at radius 1 is 1.53 bits per heavy atom. The molecule has 1 heterocycles. The van der Waals surface area contributed by atoms with E-state index < -0.39 is 0 Å². The molecule has 0 unspecified atom stereocenters. The number of hydrogen-bond acceptors (Lipinski definition) is 3. The van der Waals surface area contributed by atoms with Crippen molar-refractivity contribution in [2.24, 2.45) is 7.05 Å². The van der Waals surface area contributed by atoms with Crippen LogP contribution in [-0.4, -0.2) is 22.9 Å². The van der Waals surface area contributed by atoms with E-state index in [-0.39, 0.29) is 5.97 Å². The third-order valence-corrected chi connectivity index (χ3v) is 2.66. The first-order chi connectivity index (χ1) is 7.13. The molecule has 1 aromatic heterocycles. The lowest BCUT2D eigenvalue weighted by atomic mass is 10.1. The average Bonchev–Trinajstić information content (AvgIpc) is 2.58. The first-order valence-electron chi connectivity index (χ1n) is 4.33. The van der Waals surface area contributed by atoms with E-state index in [9.17, 15) is 4.79 Å². The third-order valence-electron chi connectivity index (χ3n) is 2.20. The van der Waals surface area contributed by atoms with E-state index in [0.29, 0.717) is 5.56 Å². The molecule has 15 heavy (non-hydrogen) atoms. The van der Waals surface area contributed by atoms with Gasteiger partial charge in [0.25, 0.3) is 0 Å². The maximum Gasteiger partial charge on any atom is 0.340 e. The number of esters is 1. The zero-order chi connectivity index (χ0) is 11.0. The number of aromatic nitrogens is 2. The number of carbonyl (C=O) groups is 1. The van der Waals surface area contributed by atoms with Gasteiger partial charge in [-0.05, 0) is 12.1 Å². The van der Waals surface area contributed by atoms with Crippen molar-refractivity contribution in [3.8, 4) is 0 Å². The van der Waals surface area contributed by atoms with Crippen LogP contribution >= 0.6 is 15.9 Å². The summed E-state index contributed by atoms with van der Waals surface area (Å²) in [6, 6.07) is 3.64. The van der Waals surface area contributed by atoms with Crippen LogP contribution in [0.15, 0.2) is 22.8 Å². The molecule has 0 bridgehead atoms. The average molecular weight is 269 g/mol. The van der Waals surface area contributed by atoms with Crippen molar-refractivity contribution < 1.29 is 9.53 Å². The van der Waals surface area contributed by atoms with Gasteiger partial charge in [0.1, 0.15) is 0 Å². The van der Waals surface area contributed by atoms with Crippen LogP contribution in [0.1, 0.15) is 10.4 Å². The molecule has 0 fully saturated rings. The lowest BCUT2D eigenvalue weighted by Gasteiger charge is -2.03. The summed E-state index contributed by atoms with van der Waals surface area (Å²) in [7, 11) is 3.16. The Morgan fingerprint density at radius 3 is 2.93 bits per heavy atom. The van der Waals surface area contributed by atoms with Crippen molar-refractivity contribution in [1.82, 2.24) is 9.78 Å². The Hall–Kier alpha value is -1.36. The van der Waals surface area contributed by atoms with Gasteiger partial charge in [-0.1, -0.05) is 15.9 Å². The second kappa shape index (κ2) is 3.66. The number of nitrogens with zero attached hydrogens (tertiary/aromatic N) is 2. The molecule has 0 saturated heterocycles. The van der Waals surface area contributed by atoms with Gasteiger partial charge in [-0.3, -0.25) is 4.68 Å². The van der Waals surface area contributed by atoms with Crippen LogP contribution in [0.5, 0.6) is 0 Å². The predicted molar refractivity (Wildman–Crippen MR) is 59.8 cm³/mol. The molecule has 2 rings (SSSR count). The number of fused-ring (bicyclic) bond motifs is 1. The molecule has 0 amide bonds. The molecule has 0 spiro atoms. The van der Waals surface area contributed by atoms with Crippen molar-refractivity contribution in [2.75, 3.05) is 7.11 Å². The van der Waals surface area contributed by atoms with Gasteiger partial charge in [-0.2, -0.15) is 5.10 Å². The lowest BCUT2D eigenvalue weighted by Crippen LogP contribution is -2.04. The first-order valence-corrected chi connectivity index (χ1v) is 5.12. The van der Waals surface area contributed by atoms with E-state index in [1.165, 1.54) is 7.11 Å². The zero-order valence-corrected chi connectivity index (χ0v) is 9.91. The molecule has 4 nitrogen and oxygen atoms in total. The fraction of sp³-hybridized carbons (Fsp3) is 0.200. The number of carbonyl (C=O) groups excluding carboxylic acids is 1. The number of aryl methyl sites for hydroxylation is 1. The van der Waals surface area contributed by atoms with Gasteiger partial charge in [0, 0.05) is 16.9 Å². The quantitative estimate of drug-likeness (QED) is 0.745. The molecular formula is C10H9BrN2O2. The Kier molecular flexibility index (Phi) is 2.48. The third kappa shape index (κ3) is 1.63. The van der Waals surface area contributed by atoms with E-state index in [1.807, 2.05) is 6.07 Å². The molecule has 0 aliphatic heterocycles. The molecule has 5 heteroatoms. The van der Waals surface area contributed by atoms with Gasteiger partial charge in [0.2, 0.25) is 0 Å². The van der Waals surface area contributed by atoms with Crippen molar-refractivity contribution >= 4 is 32.8 Å². The number of methoxy groups -OCH3 is 1. The summed E-state index contributed by atoms with van der Waals surface area (Å²) in [6.07, 6.45) is 1.71. The summed E-state index contributed by atoms with van der Waals surface area (Å²) in [5, 5.41) is 5.01. The highest BCUT2D eigenvalue weighted by molar-refractivity contribution is 9.10. The van der Waals surface area contributed by atoms with Gasteiger partial charge in [0.15, 0.2) is 0 Å². The Balaban J connectivity index is 2.80. The van der Waals surface area contributed by atoms with Crippen molar-refractivity contribution in [2.45, 2.75) is 0 Å². The van der Waals surface area contributed by atoms with Crippen LogP contribution in [-0.2, 0) is 11.8 Å². The molecule has 0 atom stereocenters. The molecule has 0 aliphatic rings. The van der Waals surface area contributed by atoms with Crippen LogP contribution in [0.3, 0.4) is 0 Å². The van der Waals surface area contributed by atoms with Crippen molar-refractivity contribution in [1.29, 1.82) is 0 Å². The van der Waals surface area contributed by atoms with E-state index >= 15 is 0 Å². The smallest absolute Gasteiger partial charge is 0.340 e. The minimum absolute atomic E-state index is 0.357. The largest absolute Gasteiger partial charge is 0.465 e. The maximum absolute atomic E-state index is 11.5. The van der Waals surface area contributed by atoms with E-state index in [4.69, 9.17) is 4.74 Å². The number of ether oxygens (including phenoxy) is 1. The summed E-state index contributed by atoms with van der Waals surface area (Å²) >= 11 is 3.35. The van der Waals surface area contributed by atoms with E-state index in [2.05, 4.69) is 21.0 Å². The second-order valence-corrected chi connectivity index (χ2v) is 4.07. The van der Waals surface area contributed by atoms with Crippen LogP contribution < -0.4 is 0 Å². The van der Waals surface area contributed by atoms with E-state index in [1.54, 1.807) is 24.0 Å². The fourth-order valence-electron chi connectivity index (χ4n) is 1.55. The molecular weight excluding hydrogens is 260 g/mol. The number of halogens is 1. The Morgan fingerprint density at radius 2 is 2.27 bits per heavy atom. The molecule has 78 valence electrons. The van der Waals surface area contributed by atoms with Crippen LogP contribution in [0.25, 0.3) is 10.9 Å². The summed E-state index contributed by atoms with van der Waals surface area (Å²) in [5.41, 5.74) is 1.30. The molecule has 0 saturated carbocycles. The van der Waals surface area contributed by atoms with Gasteiger partial charge in [-0.25, -0.2) is 4.79 Å². The Labute approximate surface area is 95.0 Å². The van der Waals surface area contributed by atoms with E-state index in [0.717, 1.165) is 15.4 Å². The Bertz CT molecular complexity index is 533. The zero-order valence-electron chi connectivity index (χ0n) is 8.32.